The summed E-state index contributed by atoms with van der Waals surface area (Å²) in [5, 5.41) is 11.4. The van der Waals surface area contributed by atoms with Crippen LogP contribution in [0.2, 0.25) is 0 Å². The van der Waals surface area contributed by atoms with Crippen LogP contribution in [0.1, 0.15) is 78.7 Å². The molecule has 0 radical (unpaired) electrons. The van der Waals surface area contributed by atoms with E-state index in [1.54, 1.807) is 0 Å². The molecule has 1 atom stereocenters. The van der Waals surface area contributed by atoms with Gasteiger partial charge < -0.3 is 9.51 Å². The smallest absolute Gasteiger partial charge is 0.0992 e. The molecule has 2 aliphatic rings. The number of fused-ring (bicyclic) bond motifs is 1. The van der Waals surface area contributed by atoms with Gasteiger partial charge in [0.1, 0.15) is 0 Å². The van der Waals surface area contributed by atoms with Gasteiger partial charge >= 0.3 is 0 Å². The molecule has 0 amide bonds. The molecule has 0 spiro atoms. The number of imidazole rings is 1. The van der Waals surface area contributed by atoms with Crippen LogP contribution in [0.4, 0.5) is 0 Å². The first kappa shape index (κ1) is 17.0. The minimum atomic E-state index is -0.375. The van der Waals surface area contributed by atoms with E-state index in [2.05, 4.69) is 52.8 Å². The summed E-state index contributed by atoms with van der Waals surface area (Å²) in [4.78, 5) is 4.32. The number of benzene rings is 1. The number of nitrogens with zero attached hydrogens (tertiary/aromatic N) is 2. The van der Waals surface area contributed by atoms with Crippen LogP contribution in [-0.4, -0.2) is 14.5 Å². The van der Waals surface area contributed by atoms with Crippen LogP contribution in [0, 0.1) is 12.8 Å². The number of hydrogen-bond donors (Lipinski definition) is 1. The van der Waals surface area contributed by atoms with E-state index in [1.807, 2.05) is 12.5 Å². The summed E-state index contributed by atoms with van der Waals surface area (Å²) < 4.78 is 2.06. The fraction of sp³-hybridized carbons (Fsp3) is 0.458. The summed E-state index contributed by atoms with van der Waals surface area (Å²) in [6, 6.07) is 11.2. The van der Waals surface area contributed by atoms with E-state index in [0.29, 0.717) is 17.8 Å². The Morgan fingerprint density at radius 2 is 1.67 bits per heavy atom. The molecule has 0 aliphatic heterocycles. The standard InChI is InChI=1S/C24H28N2O/c1-16-2-4-17(5-3-16)18-6-10-20(11-7-18)24(27)23-21(19-8-9-19)12-13-26-15-25-14-22(23)26/h2-5,12-15,18-20,24,27H,6-11H2,1H3. The molecule has 3 nitrogen and oxygen atoms in total. The van der Waals surface area contributed by atoms with E-state index in [-0.39, 0.29) is 6.10 Å². The molecule has 3 heteroatoms. The predicted molar refractivity (Wildman–Crippen MR) is 108 cm³/mol. The molecule has 1 unspecified atom stereocenters. The second-order valence-electron chi connectivity index (χ2n) is 8.61. The second-order valence-corrected chi connectivity index (χ2v) is 8.61. The van der Waals surface area contributed by atoms with E-state index >= 15 is 0 Å². The van der Waals surface area contributed by atoms with Gasteiger partial charge in [0, 0.05) is 11.8 Å². The van der Waals surface area contributed by atoms with Crippen LogP contribution in [0.5, 0.6) is 0 Å². The number of aliphatic hydroxyl groups excluding tert-OH is 1. The predicted octanol–water partition coefficient (Wildman–Crippen LogP) is 5.53. The Kier molecular flexibility index (Phi) is 4.28. The fourth-order valence-electron chi connectivity index (χ4n) is 4.95. The second kappa shape index (κ2) is 6.79. The molecule has 1 N–H and O–H groups in total. The van der Waals surface area contributed by atoms with E-state index in [1.165, 1.54) is 42.4 Å². The molecule has 1 aromatic carbocycles. The highest BCUT2D eigenvalue weighted by Gasteiger charge is 2.34. The van der Waals surface area contributed by atoms with Crippen molar-refractivity contribution in [1.82, 2.24) is 9.38 Å². The van der Waals surface area contributed by atoms with Crippen LogP contribution in [0.15, 0.2) is 49.1 Å². The first-order valence-corrected chi connectivity index (χ1v) is 10.4. The molecule has 140 valence electrons. The summed E-state index contributed by atoms with van der Waals surface area (Å²) in [5.74, 6) is 1.63. The Labute approximate surface area is 161 Å². The van der Waals surface area contributed by atoms with Crippen molar-refractivity contribution in [2.75, 3.05) is 0 Å². The molecule has 5 rings (SSSR count). The minimum Gasteiger partial charge on any atom is -0.388 e. The Balaban J connectivity index is 1.37. The van der Waals surface area contributed by atoms with Crippen molar-refractivity contribution in [2.24, 2.45) is 5.92 Å². The molecule has 2 fully saturated rings. The average molecular weight is 361 g/mol. The first-order chi connectivity index (χ1) is 13.2. The minimum absolute atomic E-state index is 0.352. The van der Waals surface area contributed by atoms with Crippen molar-refractivity contribution in [3.63, 3.8) is 0 Å². The molecule has 2 aliphatic carbocycles. The maximum absolute atomic E-state index is 11.4. The molecule has 3 aromatic rings. The van der Waals surface area contributed by atoms with Gasteiger partial charge in [0.25, 0.3) is 0 Å². The van der Waals surface area contributed by atoms with Gasteiger partial charge in [-0.05, 0) is 80.4 Å². The topological polar surface area (TPSA) is 37.5 Å². The van der Waals surface area contributed by atoms with Gasteiger partial charge in [-0.25, -0.2) is 4.98 Å². The quantitative estimate of drug-likeness (QED) is 0.664. The molecule has 27 heavy (non-hydrogen) atoms. The van der Waals surface area contributed by atoms with Crippen molar-refractivity contribution in [3.8, 4) is 0 Å². The van der Waals surface area contributed by atoms with Gasteiger partial charge in [0.15, 0.2) is 0 Å². The lowest BCUT2D eigenvalue weighted by atomic mass is 9.75. The summed E-state index contributed by atoms with van der Waals surface area (Å²) >= 11 is 0. The number of hydrogen-bond acceptors (Lipinski definition) is 2. The van der Waals surface area contributed by atoms with Crippen molar-refractivity contribution in [2.45, 2.75) is 63.4 Å². The summed E-state index contributed by atoms with van der Waals surface area (Å²) in [7, 11) is 0. The highest BCUT2D eigenvalue weighted by atomic mass is 16.3. The summed E-state index contributed by atoms with van der Waals surface area (Å²) in [6.45, 7) is 2.14. The number of pyridine rings is 1. The SMILES string of the molecule is Cc1ccc(C2CCC(C(O)c3c(C4CC4)ccn4cncc34)CC2)cc1. The van der Waals surface area contributed by atoms with E-state index in [0.717, 1.165) is 23.9 Å². The fourth-order valence-corrected chi connectivity index (χ4v) is 4.95. The van der Waals surface area contributed by atoms with Crippen molar-refractivity contribution in [3.05, 3.63) is 71.3 Å². The van der Waals surface area contributed by atoms with Gasteiger partial charge in [-0.15, -0.1) is 0 Å². The zero-order valence-corrected chi connectivity index (χ0v) is 16.0. The number of aliphatic hydroxyl groups is 1. The molecular formula is C24H28N2O. The summed E-state index contributed by atoms with van der Waals surface area (Å²) in [6.07, 6.45) is 12.5. The number of aromatic nitrogens is 2. The van der Waals surface area contributed by atoms with E-state index in [4.69, 9.17) is 0 Å². The lowest BCUT2D eigenvalue weighted by Gasteiger charge is -2.33. The van der Waals surface area contributed by atoms with Crippen LogP contribution in [0.3, 0.4) is 0 Å². The van der Waals surface area contributed by atoms with E-state index < -0.39 is 0 Å². The highest BCUT2D eigenvalue weighted by molar-refractivity contribution is 5.59. The van der Waals surface area contributed by atoms with Gasteiger partial charge in [-0.3, -0.25) is 0 Å². The normalized spacial score (nSPS) is 24.2. The summed E-state index contributed by atoms with van der Waals surface area (Å²) in [5.41, 5.74) is 6.38. The lowest BCUT2D eigenvalue weighted by molar-refractivity contribution is 0.0810. The van der Waals surface area contributed by atoms with Crippen molar-refractivity contribution >= 4 is 5.52 Å². The van der Waals surface area contributed by atoms with Gasteiger partial charge in [-0.1, -0.05) is 29.8 Å². The third kappa shape index (κ3) is 3.19. The van der Waals surface area contributed by atoms with Crippen LogP contribution in [0.25, 0.3) is 5.52 Å². The monoisotopic (exact) mass is 360 g/mol. The molecule has 2 aromatic heterocycles. The third-order valence-corrected chi connectivity index (χ3v) is 6.75. The molecular weight excluding hydrogens is 332 g/mol. The zero-order valence-electron chi connectivity index (χ0n) is 16.0. The maximum Gasteiger partial charge on any atom is 0.0992 e. The maximum atomic E-state index is 11.4. The Hall–Kier alpha value is -2.13. The average Bonchev–Trinajstić information content (AvgIpc) is 3.44. The molecule has 2 saturated carbocycles. The Morgan fingerprint density at radius 3 is 2.37 bits per heavy atom. The Morgan fingerprint density at radius 1 is 0.963 bits per heavy atom. The van der Waals surface area contributed by atoms with Crippen LogP contribution < -0.4 is 0 Å². The first-order valence-electron chi connectivity index (χ1n) is 10.4. The molecule has 2 heterocycles. The number of aryl methyl sites for hydroxylation is 1. The van der Waals surface area contributed by atoms with Crippen molar-refractivity contribution in [1.29, 1.82) is 0 Å². The molecule has 0 bridgehead atoms. The van der Waals surface area contributed by atoms with E-state index in [9.17, 15) is 5.11 Å². The third-order valence-electron chi connectivity index (χ3n) is 6.75. The van der Waals surface area contributed by atoms with Crippen LogP contribution in [-0.2, 0) is 0 Å². The number of rotatable bonds is 4. The van der Waals surface area contributed by atoms with Gasteiger partial charge in [-0.2, -0.15) is 0 Å². The lowest BCUT2D eigenvalue weighted by Crippen LogP contribution is -2.21. The van der Waals surface area contributed by atoms with Crippen molar-refractivity contribution < 1.29 is 5.11 Å². The van der Waals surface area contributed by atoms with Crippen LogP contribution >= 0.6 is 0 Å². The van der Waals surface area contributed by atoms with Gasteiger partial charge in [0.05, 0.1) is 24.1 Å². The highest BCUT2D eigenvalue weighted by Crippen LogP contribution is 2.47. The molecule has 0 saturated heterocycles. The van der Waals surface area contributed by atoms with Gasteiger partial charge in [0.2, 0.25) is 0 Å². The Bertz CT molecular complexity index is 931. The largest absolute Gasteiger partial charge is 0.388 e. The zero-order chi connectivity index (χ0) is 18.4.